The van der Waals surface area contributed by atoms with Crippen molar-refractivity contribution in [3.05, 3.63) is 29.3 Å². The van der Waals surface area contributed by atoms with E-state index in [4.69, 9.17) is 10.5 Å². The lowest BCUT2D eigenvalue weighted by Crippen LogP contribution is -2.22. The first-order valence-corrected chi connectivity index (χ1v) is 5.54. The molecule has 0 saturated heterocycles. The van der Waals surface area contributed by atoms with Crippen LogP contribution in [0.25, 0.3) is 0 Å². The molecule has 0 radical (unpaired) electrons. The summed E-state index contributed by atoms with van der Waals surface area (Å²) in [6.07, 6.45) is -1.28. The van der Waals surface area contributed by atoms with Gasteiger partial charge in [0.15, 0.2) is 0 Å². The maximum Gasteiger partial charge on any atom is 0.416 e. The summed E-state index contributed by atoms with van der Waals surface area (Å²) in [7, 11) is 0. The number of halogens is 3. The Morgan fingerprint density at radius 2 is 2.00 bits per heavy atom. The van der Waals surface area contributed by atoms with Crippen LogP contribution in [0, 0.1) is 0 Å². The second-order valence-corrected chi connectivity index (χ2v) is 4.28. The largest absolute Gasteiger partial charge is 0.416 e. The van der Waals surface area contributed by atoms with Crippen LogP contribution in [0.2, 0.25) is 0 Å². The summed E-state index contributed by atoms with van der Waals surface area (Å²) in [5, 5.41) is 0. The molecule has 1 aliphatic carbocycles. The van der Waals surface area contributed by atoms with Gasteiger partial charge in [0.05, 0.1) is 18.3 Å². The molecule has 0 atom stereocenters. The van der Waals surface area contributed by atoms with Crippen LogP contribution >= 0.6 is 0 Å². The first-order valence-electron chi connectivity index (χ1n) is 5.54. The monoisotopic (exact) mass is 245 g/mol. The molecule has 0 amide bonds. The van der Waals surface area contributed by atoms with Crippen LogP contribution in [0.1, 0.15) is 30.4 Å². The highest BCUT2D eigenvalue weighted by molar-refractivity contribution is 5.45. The summed E-state index contributed by atoms with van der Waals surface area (Å²) in [6.45, 7) is -0.000208. The predicted molar refractivity (Wildman–Crippen MR) is 58.3 cm³/mol. The van der Waals surface area contributed by atoms with E-state index in [0.29, 0.717) is 0 Å². The van der Waals surface area contributed by atoms with Gasteiger partial charge in [-0.05, 0) is 37.0 Å². The molecule has 1 saturated carbocycles. The number of benzene rings is 1. The Morgan fingerprint density at radius 1 is 1.29 bits per heavy atom. The normalized spacial score (nSPS) is 16.9. The highest BCUT2D eigenvalue weighted by Gasteiger charge is 2.33. The van der Waals surface area contributed by atoms with Gasteiger partial charge in [0.1, 0.15) is 0 Å². The molecule has 17 heavy (non-hydrogen) atoms. The van der Waals surface area contributed by atoms with Gasteiger partial charge in [0, 0.05) is 5.69 Å². The van der Waals surface area contributed by atoms with Crippen molar-refractivity contribution in [2.24, 2.45) is 0 Å². The Bertz CT molecular complexity index is 399. The van der Waals surface area contributed by atoms with E-state index >= 15 is 0 Å². The lowest BCUT2D eigenvalue weighted by molar-refractivity contribution is -0.139. The van der Waals surface area contributed by atoms with Crippen LogP contribution in [0.5, 0.6) is 0 Å². The number of hydrogen-bond acceptors (Lipinski definition) is 2. The van der Waals surface area contributed by atoms with Crippen molar-refractivity contribution in [3.8, 4) is 0 Å². The molecule has 0 aromatic heterocycles. The minimum absolute atomic E-state index is 0.000208. The second-order valence-electron chi connectivity index (χ2n) is 4.28. The number of anilines is 1. The maximum absolute atomic E-state index is 12.7. The minimum Gasteiger partial charge on any atom is -0.399 e. The smallest absolute Gasteiger partial charge is 0.399 e. The first kappa shape index (κ1) is 12.2. The van der Waals surface area contributed by atoms with E-state index in [1.165, 1.54) is 12.1 Å². The zero-order chi connectivity index (χ0) is 12.5. The van der Waals surface area contributed by atoms with Crippen LogP contribution in [0.3, 0.4) is 0 Å². The molecule has 94 valence electrons. The Balaban J connectivity index is 2.13. The number of rotatable bonds is 3. The SMILES string of the molecule is Nc1ccc(COC2CCC2)c(C(F)(F)F)c1. The van der Waals surface area contributed by atoms with Gasteiger partial charge in [-0.15, -0.1) is 0 Å². The summed E-state index contributed by atoms with van der Waals surface area (Å²) >= 11 is 0. The van der Waals surface area contributed by atoms with Gasteiger partial charge >= 0.3 is 6.18 Å². The molecule has 1 fully saturated rings. The Kier molecular flexibility index (Phi) is 3.28. The molecule has 1 aromatic carbocycles. The van der Waals surface area contributed by atoms with Crippen LogP contribution in [0.4, 0.5) is 18.9 Å². The van der Waals surface area contributed by atoms with Crippen molar-refractivity contribution in [2.45, 2.75) is 38.1 Å². The topological polar surface area (TPSA) is 35.2 Å². The average molecular weight is 245 g/mol. The molecule has 0 spiro atoms. The predicted octanol–water partition coefficient (Wildman–Crippen LogP) is 3.36. The highest BCUT2D eigenvalue weighted by atomic mass is 19.4. The molecule has 2 nitrogen and oxygen atoms in total. The van der Waals surface area contributed by atoms with Gasteiger partial charge < -0.3 is 10.5 Å². The van der Waals surface area contributed by atoms with Crippen LogP contribution in [0.15, 0.2) is 18.2 Å². The van der Waals surface area contributed by atoms with Crippen LogP contribution < -0.4 is 5.73 Å². The lowest BCUT2D eigenvalue weighted by Gasteiger charge is -2.26. The van der Waals surface area contributed by atoms with Crippen LogP contribution in [-0.4, -0.2) is 6.10 Å². The molecule has 2 rings (SSSR count). The van der Waals surface area contributed by atoms with Crippen molar-refractivity contribution in [1.82, 2.24) is 0 Å². The van der Waals surface area contributed by atoms with E-state index in [2.05, 4.69) is 0 Å². The number of nitrogen functional groups attached to an aromatic ring is 1. The third-order valence-corrected chi connectivity index (χ3v) is 2.97. The van der Waals surface area contributed by atoms with E-state index < -0.39 is 11.7 Å². The number of hydrogen-bond donors (Lipinski definition) is 1. The zero-order valence-electron chi connectivity index (χ0n) is 9.26. The molecule has 0 heterocycles. The average Bonchev–Trinajstić information content (AvgIpc) is 2.16. The summed E-state index contributed by atoms with van der Waals surface area (Å²) in [4.78, 5) is 0. The molecule has 2 N–H and O–H groups in total. The van der Waals surface area contributed by atoms with Crippen molar-refractivity contribution in [1.29, 1.82) is 0 Å². The van der Waals surface area contributed by atoms with E-state index in [-0.39, 0.29) is 24.0 Å². The quantitative estimate of drug-likeness (QED) is 0.829. The molecule has 0 bridgehead atoms. The van der Waals surface area contributed by atoms with Crippen LogP contribution in [-0.2, 0) is 17.5 Å². The van der Waals surface area contributed by atoms with Gasteiger partial charge in [-0.25, -0.2) is 0 Å². The Labute approximate surface area is 97.6 Å². The third-order valence-electron chi connectivity index (χ3n) is 2.97. The van der Waals surface area contributed by atoms with Gasteiger partial charge in [-0.2, -0.15) is 13.2 Å². The second kappa shape index (κ2) is 4.56. The van der Waals surface area contributed by atoms with E-state index in [0.717, 1.165) is 25.3 Å². The van der Waals surface area contributed by atoms with Crippen molar-refractivity contribution in [2.75, 3.05) is 5.73 Å². The molecule has 1 aromatic rings. The van der Waals surface area contributed by atoms with Gasteiger partial charge in [0.25, 0.3) is 0 Å². The molecule has 5 heteroatoms. The summed E-state index contributed by atoms with van der Waals surface area (Å²) in [5.74, 6) is 0. The fourth-order valence-electron chi connectivity index (χ4n) is 1.73. The van der Waals surface area contributed by atoms with Gasteiger partial charge in [0.2, 0.25) is 0 Å². The molecule has 0 aliphatic heterocycles. The van der Waals surface area contributed by atoms with Crippen molar-refractivity contribution >= 4 is 5.69 Å². The van der Waals surface area contributed by atoms with Crippen molar-refractivity contribution in [3.63, 3.8) is 0 Å². The first-order chi connectivity index (χ1) is 7.97. The Hall–Kier alpha value is -1.23. The minimum atomic E-state index is -4.38. The van der Waals surface area contributed by atoms with Gasteiger partial charge in [-0.1, -0.05) is 6.07 Å². The van der Waals surface area contributed by atoms with Gasteiger partial charge in [-0.3, -0.25) is 0 Å². The third kappa shape index (κ3) is 2.91. The zero-order valence-corrected chi connectivity index (χ0v) is 9.26. The molecule has 0 unspecified atom stereocenters. The number of nitrogens with two attached hydrogens (primary N) is 1. The number of alkyl halides is 3. The van der Waals surface area contributed by atoms with E-state index in [1.54, 1.807) is 0 Å². The van der Waals surface area contributed by atoms with E-state index in [9.17, 15) is 13.2 Å². The fourth-order valence-corrected chi connectivity index (χ4v) is 1.73. The molecular formula is C12H14F3NO. The number of ether oxygens (including phenoxy) is 1. The summed E-state index contributed by atoms with van der Waals surface area (Å²) in [6, 6.07) is 3.81. The molecule has 1 aliphatic rings. The van der Waals surface area contributed by atoms with Crippen molar-refractivity contribution < 1.29 is 17.9 Å². The standard InChI is InChI=1S/C12H14F3NO/c13-12(14,15)11-6-9(16)5-4-8(11)7-17-10-2-1-3-10/h4-6,10H,1-3,7,16H2. The maximum atomic E-state index is 12.7. The summed E-state index contributed by atoms with van der Waals surface area (Å²) < 4.78 is 43.6. The highest BCUT2D eigenvalue weighted by Crippen LogP contribution is 2.34. The lowest BCUT2D eigenvalue weighted by atomic mass is 9.96. The summed E-state index contributed by atoms with van der Waals surface area (Å²) in [5.41, 5.74) is 4.95. The fraction of sp³-hybridized carbons (Fsp3) is 0.500. The Morgan fingerprint density at radius 3 is 2.53 bits per heavy atom. The molecular weight excluding hydrogens is 231 g/mol. The van der Waals surface area contributed by atoms with E-state index in [1.807, 2.05) is 0 Å².